The summed E-state index contributed by atoms with van der Waals surface area (Å²) in [6.45, 7) is 3.70. The smallest absolute Gasteiger partial charge is 0.257 e. The Labute approximate surface area is 126 Å². The SMILES string of the molecule is CC(=NC1CCCCC1)NNS(=O)(=O)c1ccc(C)cc1. The predicted molar refractivity (Wildman–Crippen MR) is 84.6 cm³/mol. The van der Waals surface area contributed by atoms with Crippen LogP contribution in [-0.4, -0.2) is 20.3 Å². The second-order valence-electron chi connectivity index (χ2n) is 5.55. The van der Waals surface area contributed by atoms with Gasteiger partial charge in [-0.2, -0.15) is 0 Å². The van der Waals surface area contributed by atoms with Crippen molar-refractivity contribution < 1.29 is 8.42 Å². The molecule has 0 saturated heterocycles. The molecule has 1 aliphatic carbocycles. The number of hydrogen-bond donors (Lipinski definition) is 2. The molecule has 0 aliphatic heterocycles. The Bertz CT molecular complexity index is 588. The first kappa shape index (κ1) is 16.0. The number of aryl methyl sites for hydroxylation is 1. The standard InChI is InChI=1S/C15H23N3O2S/c1-12-8-10-15(11-9-12)21(19,20)18-17-13(2)16-14-6-4-3-5-7-14/h8-11,14,18H,3-7H2,1-2H3,(H,16,17). The van der Waals surface area contributed by atoms with Crippen LogP contribution in [0.3, 0.4) is 0 Å². The third-order valence-corrected chi connectivity index (χ3v) is 4.91. The van der Waals surface area contributed by atoms with Gasteiger partial charge in [0.05, 0.1) is 10.9 Å². The maximum atomic E-state index is 12.1. The predicted octanol–water partition coefficient (Wildman–Crippen LogP) is 2.53. The third-order valence-electron chi connectivity index (χ3n) is 3.65. The molecule has 5 nitrogen and oxygen atoms in total. The minimum absolute atomic E-state index is 0.242. The Hall–Kier alpha value is -1.40. The normalized spacial score (nSPS) is 17.7. The lowest BCUT2D eigenvalue weighted by molar-refractivity contribution is 0.442. The molecule has 1 aliphatic rings. The lowest BCUT2D eigenvalue weighted by Gasteiger charge is -2.19. The summed E-state index contributed by atoms with van der Waals surface area (Å²) in [5, 5.41) is 0. The first-order valence-corrected chi connectivity index (χ1v) is 8.84. The average molecular weight is 309 g/mol. The van der Waals surface area contributed by atoms with Gasteiger partial charge in [0.1, 0.15) is 5.84 Å². The van der Waals surface area contributed by atoms with E-state index >= 15 is 0 Å². The monoisotopic (exact) mass is 309 g/mol. The Kier molecular flexibility index (Phi) is 5.36. The second kappa shape index (κ2) is 7.04. The van der Waals surface area contributed by atoms with Crippen LogP contribution >= 0.6 is 0 Å². The summed E-state index contributed by atoms with van der Waals surface area (Å²) in [4.78, 5) is 7.14. The van der Waals surface area contributed by atoms with Gasteiger partial charge < -0.3 is 0 Å². The fourth-order valence-corrected chi connectivity index (χ4v) is 3.33. The quantitative estimate of drug-likeness (QED) is 0.510. The number of amidine groups is 1. The molecular formula is C15H23N3O2S. The van der Waals surface area contributed by atoms with Crippen molar-refractivity contribution >= 4 is 15.9 Å². The summed E-state index contributed by atoms with van der Waals surface area (Å²) in [6.07, 6.45) is 5.86. The summed E-state index contributed by atoms with van der Waals surface area (Å²) in [5.41, 5.74) is 3.72. The molecular weight excluding hydrogens is 286 g/mol. The van der Waals surface area contributed by atoms with Crippen molar-refractivity contribution in [2.45, 2.75) is 56.9 Å². The highest BCUT2D eigenvalue weighted by molar-refractivity contribution is 7.89. The van der Waals surface area contributed by atoms with Crippen LogP contribution in [0.15, 0.2) is 34.2 Å². The van der Waals surface area contributed by atoms with Gasteiger partial charge in [0.15, 0.2) is 0 Å². The fraction of sp³-hybridized carbons (Fsp3) is 0.533. The van der Waals surface area contributed by atoms with Gasteiger partial charge in [0.2, 0.25) is 0 Å². The molecule has 21 heavy (non-hydrogen) atoms. The molecule has 0 heterocycles. The van der Waals surface area contributed by atoms with Gasteiger partial charge in [-0.15, -0.1) is 4.83 Å². The molecule has 0 bridgehead atoms. The van der Waals surface area contributed by atoms with Crippen LogP contribution < -0.4 is 10.3 Å². The molecule has 2 rings (SSSR count). The Morgan fingerprint density at radius 1 is 1.14 bits per heavy atom. The number of benzene rings is 1. The van der Waals surface area contributed by atoms with Crippen LogP contribution in [0.25, 0.3) is 0 Å². The third kappa shape index (κ3) is 4.82. The summed E-state index contributed by atoms with van der Waals surface area (Å²) in [5.74, 6) is 0.609. The van der Waals surface area contributed by atoms with Gasteiger partial charge in [-0.25, -0.2) is 8.42 Å². The van der Waals surface area contributed by atoms with Gasteiger partial charge in [0.25, 0.3) is 10.0 Å². The van der Waals surface area contributed by atoms with E-state index in [1.165, 1.54) is 19.3 Å². The molecule has 1 saturated carbocycles. The molecule has 0 atom stereocenters. The van der Waals surface area contributed by atoms with E-state index in [1.807, 2.05) is 6.92 Å². The number of nitrogens with zero attached hydrogens (tertiary/aromatic N) is 1. The van der Waals surface area contributed by atoms with Crippen LogP contribution in [0.5, 0.6) is 0 Å². The van der Waals surface area contributed by atoms with Crippen LogP contribution in [0.2, 0.25) is 0 Å². The van der Waals surface area contributed by atoms with E-state index in [0.717, 1.165) is 18.4 Å². The van der Waals surface area contributed by atoms with Crippen molar-refractivity contribution in [1.29, 1.82) is 0 Å². The molecule has 1 aromatic carbocycles. The summed E-state index contributed by atoms with van der Waals surface area (Å²) in [6, 6.07) is 7.05. The lowest BCUT2D eigenvalue weighted by atomic mass is 9.96. The maximum absolute atomic E-state index is 12.1. The minimum atomic E-state index is -3.55. The van der Waals surface area contributed by atoms with E-state index in [9.17, 15) is 8.42 Å². The summed E-state index contributed by atoms with van der Waals surface area (Å²) >= 11 is 0. The minimum Gasteiger partial charge on any atom is -0.296 e. The van der Waals surface area contributed by atoms with Gasteiger partial charge >= 0.3 is 0 Å². The largest absolute Gasteiger partial charge is 0.296 e. The molecule has 1 fully saturated rings. The van der Waals surface area contributed by atoms with Crippen LogP contribution in [0.4, 0.5) is 0 Å². The highest BCUT2D eigenvalue weighted by Gasteiger charge is 2.15. The summed E-state index contributed by atoms with van der Waals surface area (Å²) < 4.78 is 24.2. The van der Waals surface area contributed by atoms with E-state index in [4.69, 9.17) is 0 Å². The zero-order valence-corrected chi connectivity index (χ0v) is 13.4. The molecule has 0 aromatic heterocycles. The number of hydrogen-bond acceptors (Lipinski definition) is 3. The second-order valence-corrected chi connectivity index (χ2v) is 7.23. The van der Waals surface area contributed by atoms with Crippen molar-refractivity contribution in [2.24, 2.45) is 4.99 Å². The first-order valence-electron chi connectivity index (χ1n) is 7.36. The Morgan fingerprint density at radius 3 is 2.38 bits per heavy atom. The molecule has 0 spiro atoms. The van der Waals surface area contributed by atoms with E-state index in [1.54, 1.807) is 31.2 Å². The number of rotatable bonds is 4. The zero-order chi connectivity index (χ0) is 15.3. The zero-order valence-electron chi connectivity index (χ0n) is 12.6. The van der Waals surface area contributed by atoms with Gasteiger partial charge in [-0.1, -0.05) is 37.0 Å². The number of aliphatic imine (C=N–C) groups is 1. The Balaban J connectivity index is 1.94. The average Bonchev–Trinajstić information content (AvgIpc) is 2.47. The molecule has 0 amide bonds. The van der Waals surface area contributed by atoms with E-state index in [2.05, 4.69) is 15.2 Å². The number of nitrogens with one attached hydrogen (secondary N) is 2. The number of hydrazine groups is 1. The van der Waals surface area contributed by atoms with E-state index in [-0.39, 0.29) is 4.90 Å². The van der Waals surface area contributed by atoms with E-state index in [0.29, 0.717) is 11.9 Å². The van der Waals surface area contributed by atoms with Gasteiger partial charge in [-0.3, -0.25) is 10.4 Å². The molecule has 2 N–H and O–H groups in total. The molecule has 0 radical (unpaired) electrons. The van der Waals surface area contributed by atoms with Crippen LogP contribution in [-0.2, 0) is 10.0 Å². The summed E-state index contributed by atoms with van der Waals surface area (Å²) in [7, 11) is -3.55. The van der Waals surface area contributed by atoms with Crippen molar-refractivity contribution in [2.75, 3.05) is 0 Å². The molecule has 1 aromatic rings. The van der Waals surface area contributed by atoms with Crippen molar-refractivity contribution in [3.63, 3.8) is 0 Å². The maximum Gasteiger partial charge on any atom is 0.257 e. The first-order chi connectivity index (χ1) is 9.97. The van der Waals surface area contributed by atoms with E-state index < -0.39 is 10.0 Å². The topological polar surface area (TPSA) is 70.6 Å². The molecule has 116 valence electrons. The lowest BCUT2D eigenvalue weighted by Crippen LogP contribution is -2.41. The highest BCUT2D eigenvalue weighted by atomic mass is 32.2. The van der Waals surface area contributed by atoms with Crippen molar-refractivity contribution in [3.05, 3.63) is 29.8 Å². The molecule has 0 unspecified atom stereocenters. The molecule has 6 heteroatoms. The number of sulfonamides is 1. The van der Waals surface area contributed by atoms with Crippen molar-refractivity contribution in [3.8, 4) is 0 Å². The van der Waals surface area contributed by atoms with Gasteiger partial charge in [0, 0.05) is 0 Å². The fourth-order valence-electron chi connectivity index (χ4n) is 2.43. The van der Waals surface area contributed by atoms with Gasteiger partial charge in [-0.05, 0) is 38.8 Å². The Morgan fingerprint density at radius 2 is 1.76 bits per heavy atom. The highest BCUT2D eigenvalue weighted by Crippen LogP contribution is 2.20. The van der Waals surface area contributed by atoms with Crippen LogP contribution in [0.1, 0.15) is 44.6 Å². The van der Waals surface area contributed by atoms with Crippen LogP contribution in [0, 0.1) is 6.92 Å². The van der Waals surface area contributed by atoms with Crippen molar-refractivity contribution in [1.82, 2.24) is 10.3 Å².